The highest BCUT2D eigenvalue weighted by Crippen LogP contribution is 2.19. The first-order valence-electron chi connectivity index (χ1n) is 5.67. The van der Waals surface area contributed by atoms with E-state index in [0.717, 1.165) is 17.9 Å². The van der Waals surface area contributed by atoms with E-state index in [1.165, 1.54) is 16.7 Å². The van der Waals surface area contributed by atoms with Gasteiger partial charge < -0.3 is 10.5 Å². The van der Waals surface area contributed by atoms with Crippen LogP contribution in [0.4, 0.5) is 5.69 Å². The molecular formula is C15H17NO. The Kier molecular flexibility index (Phi) is 3.33. The van der Waals surface area contributed by atoms with Crippen molar-refractivity contribution in [2.45, 2.75) is 13.3 Å². The standard InChI is InChI=1S/C15H17NO/c1-11-3-6-13(15(16)9-11)10-12-4-7-14(17-2)8-5-12/h3-9H,10,16H2,1-2H3. The summed E-state index contributed by atoms with van der Waals surface area (Å²) in [5, 5.41) is 0. The number of hydrogen-bond acceptors (Lipinski definition) is 2. The molecule has 2 nitrogen and oxygen atoms in total. The maximum atomic E-state index is 6.00. The SMILES string of the molecule is COc1ccc(Cc2ccc(C)cc2N)cc1. The smallest absolute Gasteiger partial charge is 0.118 e. The molecule has 2 rings (SSSR count). The van der Waals surface area contributed by atoms with Gasteiger partial charge in [-0.1, -0.05) is 24.3 Å². The van der Waals surface area contributed by atoms with Crippen molar-refractivity contribution < 1.29 is 4.74 Å². The third-order valence-corrected chi connectivity index (χ3v) is 2.86. The van der Waals surface area contributed by atoms with Crippen molar-refractivity contribution in [3.05, 3.63) is 59.2 Å². The largest absolute Gasteiger partial charge is 0.497 e. The highest BCUT2D eigenvalue weighted by Gasteiger charge is 2.01. The summed E-state index contributed by atoms with van der Waals surface area (Å²) in [4.78, 5) is 0. The minimum atomic E-state index is 0.857. The van der Waals surface area contributed by atoms with Crippen molar-refractivity contribution >= 4 is 5.69 Å². The minimum Gasteiger partial charge on any atom is -0.497 e. The van der Waals surface area contributed by atoms with Crippen molar-refractivity contribution in [2.75, 3.05) is 12.8 Å². The first-order chi connectivity index (χ1) is 8.19. The van der Waals surface area contributed by atoms with Crippen LogP contribution in [0.5, 0.6) is 5.75 Å². The number of nitrogens with two attached hydrogens (primary N) is 1. The number of nitrogen functional groups attached to an aromatic ring is 1. The number of ether oxygens (including phenoxy) is 1. The minimum absolute atomic E-state index is 0.857. The van der Waals surface area contributed by atoms with Crippen molar-refractivity contribution in [3.63, 3.8) is 0 Å². The van der Waals surface area contributed by atoms with E-state index in [1.54, 1.807) is 7.11 Å². The molecule has 0 unspecified atom stereocenters. The van der Waals surface area contributed by atoms with Gasteiger partial charge >= 0.3 is 0 Å². The lowest BCUT2D eigenvalue weighted by Crippen LogP contribution is -1.96. The Balaban J connectivity index is 2.19. The van der Waals surface area contributed by atoms with Crippen LogP contribution in [0.3, 0.4) is 0 Å². The molecule has 0 spiro atoms. The van der Waals surface area contributed by atoms with E-state index in [2.05, 4.69) is 24.3 Å². The normalized spacial score (nSPS) is 10.2. The van der Waals surface area contributed by atoms with Crippen molar-refractivity contribution in [2.24, 2.45) is 0 Å². The first kappa shape index (κ1) is 11.5. The fourth-order valence-electron chi connectivity index (χ4n) is 1.84. The molecule has 17 heavy (non-hydrogen) atoms. The van der Waals surface area contributed by atoms with Crippen LogP contribution >= 0.6 is 0 Å². The molecule has 2 aromatic rings. The monoisotopic (exact) mass is 227 g/mol. The van der Waals surface area contributed by atoms with Crippen LogP contribution in [0.15, 0.2) is 42.5 Å². The van der Waals surface area contributed by atoms with Gasteiger partial charge in [-0.05, 0) is 48.2 Å². The quantitative estimate of drug-likeness (QED) is 0.817. The molecule has 2 aromatic carbocycles. The zero-order valence-electron chi connectivity index (χ0n) is 10.2. The molecule has 0 heterocycles. The predicted molar refractivity (Wildman–Crippen MR) is 71.4 cm³/mol. The van der Waals surface area contributed by atoms with Crippen LogP contribution in [-0.4, -0.2) is 7.11 Å². The summed E-state index contributed by atoms with van der Waals surface area (Å²) in [6, 6.07) is 14.3. The van der Waals surface area contributed by atoms with Crippen LogP contribution in [-0.2, 0) is 6.42 Å². The molecule has 0 atom stereocenters. The molecule has 0 aliphatic carbocycles. The molecule has 0 aromatic heterocycles. The zero-order valence-corrected chi connectivity index (χ0v) is 10.2. The van der Waals surface area contributed by atoms with Gasteiger partial charge in [0, 0.05) is 5.69 Å². The predicted octanol–water partition coefficient (Wildman–Crippen LogP) is 3.18. The van der Waals surface area contributed by atoms with Crippen LogP contribution in [0, 0.1) is 6.92 Å². The molecule has 0 saturated carbocycles. The Labute approximate surface area is 102 Å². The Hall–Kier alpha value is -1.96. The number of anilines is 1. The molecule has 0 aliphatic heterocycles. The summed E-state index contributed by atoms with van der Waals surface area (Å²) < 4.78 is 5.13. The van der Waals surface area contributed by atoms with E-state index in [9.17, 15) is 0 Å². The van der Waals surface area contributed by atoms with E-state index in [0.29, 0.717) is 0 Å². The molecule has 0 fully saturated rings. The average Bonchev–Trinajstić information content (AvgIpc) is 2.34. The molecule has 88 valence electrons. The second-order valence-corrected chi connectivity index (χ2v) is 4.23. The van der Waals surface area contributed by atoms with Crippen molar-refractivity contribution in [1.29, 1.82) is 0 Å². The Morgan fingerprint density at radius 3 is 2.35 bits per heavy atom. The summed E-state index contributed by atoms with van der Waals surface area (Å²) in [5.74, 6) is 0.880. The molecule has 2 N–H and O–H groups in total. The lowest BCUT2D eigenvalue weighted by atomic mass is 10.0. The summed E-state index contributed by atoms with van der Waals surface area (Å²) in [7, 11) is 1.67. The van der Waals surface area contributed by atoms with Gasteiger partial charge in [0.05, 0.1) is 7.11 Å². The van der Waals surface area contributed by atoms with Crippen molar-refractivity contribution in [3.8, 4) is 5.75 Å². The third-order valence-electron chi connectivity index (χ3n) is 2.86. The number of methoxy groups -OCH3 is 1. The van der Waals surface area contributed by atoms with Gasteiger partial charge in [0.25, 0.3) is 0 Å². The molecule has 0 bridgehead atoms. The number of benzene rings is 2. The van der Waals surface area contributed by atoms with Gasteiger partial charge in [0.2, 0.25) is 0 Å². The Bertz CT molecular complexity index is 503. The highest BCUT2D eigenvalue weighted by molar-refractivity contribution is 5.51. The Morgan fingerprint density at radius 2 is 1.76 bits per heavy atom. The van der Waals surface area contributed by atoms with Gasteiger partial charge in [-0.3, -0.25) is 0 Å². The topological polar surface area (TPSA) is 35.2 Å². The first-order valence-corrected chi connectivity index (χ1v) is 5.67. The van der Waals surface area contributed by atoms with Gasteiger partial charge in [-0.15, -0.1) is 0 Å². The molecule has 0 saturated heterocycles. The molecule has 0 amide bonds. The number of rotatable bonds is 3. The second-order valence-electron chi connectivity index (χ2n) is 4.23. The molecular weight excluding hydrogens is 210 g/mol. The van der Waals surface area contributed by atoms with Gasteiger partial charge in [0.15, 0.2) is 0 Å². The highest BCUT2D eigenvalue weighted by atomic mass is 16.5. The van der Waals surface area contributed by atoms with Crippen LogP contribution in [0.1, 0.15) is 16.7 Å². The lowest BCUT2D eigenvalue weighted by Gasteiger charge is -2.07. The van der Waals surface area contributed by atoms with Gasteiger partial charge in [-0.25, -0.2) is 0 Å². The molecule has 0 aliphatic rings. The fraction of sp³-hybridized carbons (Fsp3) is 0.200. The van der Waals surface area contributed by atoms with Crippen LogP contribution < -0.4 is 10.5 Å². The van der Waals surface area contributed by atoms with Crippen LogP contribution in [0.2, 0.25) is 0 Å². The molecule has 2 heteroatoms. The molecule has 0 radical (unpaired) electrons. The fourth-order valence-corrected chi connectivity index (χ4v) is 1.84. The number of hydrogen-bond donors (Lipinski definition) is 1. The van der Waals surface area contributed by atoms with E-state index >= 15 is 0 Å². The Morgan fingerprint density at radius 1 is 1.06 bits per heavy atom. The summed E-state index contributed by atoms with van der Waals surface area (Å²) in [5.41, 5.74) is 10.5. The maximum absolute atomic E-state index is 6.00. The van der Waals surface area contributed by atoms with Gasteiger partial charge in [-0.2, -0.15) is 0 Å². The zero-order chi connectivity index (χ0) is 12.3. The maximum Gasteiger partial charge on any atom is 0.118 e. The summed E-state index contributed by atoms with van der Waals surface area (Å²) in [6.45, 7) is 2.05. The summed E-state index contributed by atoms with van der Waals surface area (Å²) in [6.07, 6.45) is 0.857. The van der Waals surface area contributed by atoms with E-state index in [1.807, 2.05) is 25.1 Å². The van der Waals surface area contributed by atoms with Gasteiger partial charge in [0.1, 0.15) is 5.75 Å². The average molecular weight is 227 g/mol. The van der Waals surface area contributed by atoms with Crippen molar-refractivity contribution in [1.82, 2.24) is 0 Å². The number of aryl methyl sites for hydroxylation is 1. The van der Waals surface area contributed by atoms with E-state index in [-0.39, 0.29) is 0 Å². The van der Waals surface area contributed by atoms with E-state index in [4.69, 9.17) is 10.5 Å². The summed E-state index contributed by atoms with van der Waals surface area (Å²) >= 11 is 0. The third kappa shape index (κ3) is 2.78. The lowest BCUT2D eigenvalue weighted by molar-refractivity contribution is 0.414. The van der Waals surface area contributed by atoms with E-state index < -0.39 is 0 Å². The van der Waals surface area contributed by atoms with Crippen LogP contribution in [0.25, 0.3) is 0 Å². The second kappa shape index (κ2) is 4.91.